The Kier molecular flexibility index (Phi) is 5.74. The summed E-state index contributed by atoms with van der Waals surface area (Å²) in [6, 6.07) is 22.9. The molecule has 3 aromatic carbocycles. The van der Waals surface area contributed by atoms with Crippen LogP contribution >= 0.6 is 38.9 Å². The van der Waals surface area contributed by atoms with Gasteiger partial charge in [0.1, 0.15) is 5.00 Å². The van der Waals surface area contributed by atoms with Crippen molar-refractivity contribution in [3.63, 3.8) is 0 Å². The Morgan fingerprint density at radius 2 is 1.42 bits per heavy atom. The topological polar surface area (TPSA) is 54.5 Å². The zero-order valence-electron chi connectivity index (χ0n) is 17.0. The third-order valence-electron chi connectivity index (χ3n) is 5.49. The predicted octanol–water partition coefficient (Wildman–Crippen LogP) is 7.00. The lowest BCUT2D eigenvalue weighted by Crippen LogP contribution is -2.30. The van der Waals surface area contributed by atoms with E-state index in [1.165, 1.54) is 11.3 Å². The van der Waals surface area contributed by atoms with E-state index in [2.05, 4.69) is 15.9 Å². The average molecular weight is 537 g/mol. The van der Waals surface area contributed by atoms with Gasteiger partial charge in [0.05, 0.1) is 16.7 Å². The fourth-order valence-corrected chi connectivity index (χ4v) is 6.11. The molecule has 0 spiro atoms. The van der Waals surface area contributed by atoms with Crippen molar-refractivity contribution in [2.45, 2.75) is 5.33 Å². The van der Waals surface area contributed by atoms with E-state index >= 15 is 0 Å². The first-order valence-electron chi connectivity index (χ1n) is 10.1. The van der Waals surface area contributed by atoms with Gasteiger partial charge in [0.2, 0.25) is 0 Å². The number of ketones is 1. The second-order valence-electron chi connectivity index (χ2n) is 7.42. The first-order valence-corrected chi connectivity index (χ1v) is 12.4. The minimum absolute atomic E-state index is 0.272. The van der Waals surface area contributed by atoms with Crippen molar-refractivity contribution >= 4 is 61.5 Å². The van der Waals surface area contributed by atoms with Gasteiger partial charge in [-0.2, -0.15) is 0 Å². The van der Waals surface area contributed by atoms with Crippen LogP contribution in [0.5, 0.6) is 0 Å². The molecule has 2 amide bonds. The maximum atomic E-state index is 13.7. The predicted molar refractivity (Wildman–Crippen MR) is 135 cm³/mol. The van der Waals surface area contributed by atoms with Gasteiger partial charge in [-0.3, -0.25) is 14.4 Å². The number of imide groups is 1. The first kappa shape index (κ1) is 21.8. The van der Waals surface area contributed by atoms with E-state index in [-0.39, 0.29) is 5.78 Å². The summed E-state index contributed by atoms with van der Waals surface area (Å²) < 4.78 is 0. The molecule has 0 radical (unpaired) electrons. The number of fused-ring (bicyclic) bond motifs is 1. The van der Waals surface area contributed by atoms with Gasteiger partial charge in [-0.25, -0.2) is 4.90 Å². The number of carbonyl (C=O) groups is 3. The molecule has 1 aliphatic rings. The third-order valence-corrected chi connectivity index (χ3v) is 7.57. The van der Waals surface area contributed by atoms with Gasteiger partial charge in [0.25, 0.3) is 11.8 Å². The number of benzene rings is 3. The fourth-order valence-electron chi connectivity index (χ4n) is 3.91. The van der Waals surface area contributed by atoms with E-state index in [0.717, 1.165) is 20.9 Å². The van der Waals surface area contributed by atoms with Gasteiger partial charge in [0, 0.05) is 20.8 Å². The fraction of sp³-hybridized carbons (Fsp3) is 0.0385. The molecule has 0 saturated carbocycles. The van der Waals surface area contributed by atoms with Crippen LogP contribution in [0.2, 0.25) is 5.02 Å². The number of halogens is 2. The molecule has 33 heavy (non-hydrogen) atoms. The van der Waals surface area contributed by atoms with Gasteiger partial charge in [-0.05, 0) is 47.5 Å². The second kappa shape index (κ2) is 8.71. The highest BCUT2D eigenvalue weighted by atomic mass is 79.9. The van der Waals surface area contributed by atoms with Crippen molar-refractivity contribution in [2.24, 2.45) is 0 Å². The Morgan fingerprint density at radius 3 is 2.00 bits per heavy atom. The molecular formula is C26H15BrClNO3S. The number of thiophene rings is 1. The standard InChI is InChI=1S/C26H15BrClNO3S/c27-14-20-21(22(30)15-10-12-17(28)13-11-15)26(33-23(20)16-6-2-1-3-7-16)29-24(31)18-8-4-5-9-19(18)25(29)32/h1-13H,14H2. The summed E-state index contributed by atoms with van der Waals surface area (Å²) in [5.74, 6) is -1.13. The first-order chi connectivity index (χ1) is 16.0. The molecule has 0 fully saturated rings. The summed E-state index contributed by atoms with van der Waals surface area (Å²) in [5.41, 5.74) is 3.08. The number of alkyl halides is 1. The van der Waals surface area contributed by atoms with Gasteiger partial charge >= 0.3 is 0 Å². The molecule has 0 N–H and O–H groups in total. The van der Waals surface area contributed by atoms with Gasteiger partial charge < -0.3 is 0 Å². The number of anilines is 1. The van der Waals surface area contributed by atoms with Crippen molar-refractivity contribution in [3.05, 3.63) is 112 Å². The minimum atomic E-state index is -0.428. The maximum absolute atomic E-state index is 13.7. The van der Waals surface area contributed by atoms with Crippen LogP contribution in [0.3, 0.4) is 0 Å². The van der Waals surface area contributed by atoms with E-state index in [1.807, 2.05) is 30.3 Å². The van der Waals surface area contributed by atoms with Crippen LogP contribution in [0.1, 0.15) is 42.2 Å². The molecule has 1 aliphatic heterocycles. The molecule has 0 saturated heterocycles. The summed E-state index contributed by atoms with van der Waals surface area (Å²) in [4.78, 5) is 42.3. The lowest BCUT2D eigenvalue weighted by molar-refractivity contribution is 0.0927. The molecule has 0 aliphatic carbocycles. The SMILES string of the molecule is O=C(c1ccc(Cl)cc1)c1c(N2C(=O)c3ccccc3C2=O)sc(-c2ccccc2)c1CBr. The lowest BCUT2D eigenvalue weighted by Gasteiger charge is -2.14. The van der Waals surface area contributed by atoms with Crippen molar-refractivity contribution in [2.75, 3.05) is 4.90 Å². The molecule has 4 nitrogen and oxygen atoms in total. The summed E-state index contributed by atoms with van der Waals surface area (Å²) in [6.07, 6.45) is 0. The molecule has 0 unspecified atom stereocenters. The normalized spacial score (nSPS) is 12.8. The molecule has 0 bridgehead atoms. The number of carbonyl (C=O) groups excluding carboxylic acids is 3. The summed E-state index contributed by atoms with van der Waals surface area (Å²) in [6.45, 7) is 0. The number of amides is 2. The highest BCUT2D eigenvalue weighted by Crippen LogP contribution is 2.46. The third kappa shape index (κ3) is 3.64. The van der Waals surface area contributed by atoms with Gasteiger partial charge in [-0.15, -0.1) is 11.3 Å². The average Bonchev–Trinajstić information content (AvgIpc) is 3.34. The molecule has 162 valence electrons. The van der Waals surface area contributed by atoms with E-state index in [4.69, 9.17) is 11.6 Å². The number of hydrogen-bond donors (Lipinski definition) is 0. The molecule has 2 heterocycles. The Morgan fingerprint density at radius 1 is 0.848 bits per heavy atom. The highest BCUT2D eigenvalue weighted by molar-refractivity contribution is 9.08. The van der Waals surface area contributed by atoms with Crippen LogP contribution < -0.4 is 4.90 Å². The van der Waals surface area contributed by atoms with E-state index in [9.17, 15) is 14.4 Å². The second-order valence-corrected chi connectivity index (χ2v) is 9.41. The molecule has 0 atom stereocenters. The van der Waals surface area contributed by atoms with E-state index in [1.54, 1.807) is 48.5 Å². The Balaban J connectivity index is 1.75. The van der Waals surface area contributed by atoms with Gasteiger partial charge in [-0.1, -0.05) is 70.0 Å². The lowest BCUT2D eigenvalue weighted by atomic mass is 9.99. The van der Waals surface area contributed by atoms with Crippen LogP contribution in [0.25, 0.3) is 10.4 Å². The largest absolute Gasteiger partial charge is 0.288 e. The monoisotopic (exact) mass is 535 g/mol. The quantitative estimate of drug-likeness (QED) is 0.157. The minimum Gasteiger partial charge on any atom is -0.288 e. The number of hydrogen-bond acceptors (Lipinski definition) is 4. The number of nitrogens with zero attached hydrogens (tertiary/aromatic N) is 1. The summed E-state index contributed by atoms with van der Waals surface area (Å²) >= 11 is 10.8. The molecule has 7 heteroatoms. The Bertz CT molecular complexity index is 1380. The van der Waals surface area contributed by atoms with Crippen molar-refractivity contribution in [1.29, 1.82) is 0 Å². The molecular weight excluding hydrogens is 522 g/mol. The zero-order chi connectivity index (χ0) is 23.1. The van der Waals surface area contributed by atoms with Gasteiger partial charge in [0.15, 0.2) is 5.78 Å². The van der Waals surface area contributed by atoms with Crippen LogP contribution in [0.15, 0.2) is 78.9 Å². The Labute approximate surface area is 207 Å². The van der Waals surface area contributed by atoms with E-state index < -0.39 is 11.8 Å². The summed E-state index contributed by atoms with van der Waals surface area (Å²) in [5, 5.41) is 1.23. The summed E-state index contributed by atoms with van der Waals surface area (Å²) in [7, 11) is 0. The van der Waals surface area contributed by atoms with Crippen molar-refractivity contribution < 1.29 is 14.4 Å². The number of rotatable bonds is 5. The maximum Gasteiger partial charge on any atom is 0.266 e. The van der Waals surface area contributed by atoms with Crippen LogP contribution in [0, 0.1) is 0 Å². The molecule has 4 aromatic rings. The van der Waals surface area contributed by atoms with E-state index in [0.29, 0.717) is 37.6 Å². The van der Waals surface area contributed by atoms with Crippen LogP contribution in [-0.2, 0) is 5.33 Å². The molecule has 5 rings (SSSR count). The van der Waals surface area contributed by atoms with Crippen molar-refractivity contribution in [1.82, 2.24) is 0 Å². The smallest absolute Gasteiger partial charge is 0.266 e. The van der Waals surface area contributed by atoms with Crippen molar-refractivity contribution in [3.8, 4) is 10.4 Å². The Hall–Kier alpha value is -3.06. The van der Waals surface area contributed by atoms with Crippen LogP contribution in [-0.4, -0.2) is 17.6 Å². The highest BCUT2D eigenvalue weighted by Gasteiger charge is 2.40. The molecule has 1 aromatic heterocycles. The van der Waals surface area contributed by atoms with Crippen LogP contribution in [0.4, 0.5) is 5.00 Å². The zero-order valence-corrected chi connectivity index (χ0v) is 20.2.